The molecule has 0 saturated heterocycles. The van der Waals surface area contributed by atoms with E-state index in [0.717, 1.165) is 4.68 Å². The molecule has 0 aliphatic heterocycles. The van der Waals surface area contributed by atoms with E-state index in [-0.39, 0.29) is 24.8 Å². The average molecular weight is 322 g/mol. The van der Waals surface area contributed by atoms with Crippen molar-refractivity contribution < 1.29 is 23.1 Å². The van der Waals surface area contributed by atoms with E-state index in [4.69, 9.17) is 5.11 Å². The second-order valence-corrected chi connectivity index (χ2v) is 5.25. The molecule has 1 unspecified atom stereocenters. The highest BCUT2D eigenvalue weighted by atomic mass is 19.4. The minimum absolute atomic E-state index is 0.0284. The first kappa shape index (κ1) is 18.3. The number of aromatic nitrogens is 2. The molecule has 9 heteroatoms. The van der Waals surface area contributed by atoms with Crippen LogP contribution in [0.15, 0.2) is 6.20 Å². The number of hydrogen-bond acceptors (Lipinski definition) is 3. The summed E-state index contributed by atoms with van der Waals surface area (Å²) in [7, 11) is 2.82. The molecule has 0 fully saturated rings. The quantitative estimate of drug-likeness (QED) is 0.838. The molecule has 22 heavy (non-hydrogen) atoms. The largest absolute Gasteiger partial charge is 0.435 e. The number of nitrogens with zero attached hydrogens (tertiary/aromatic N) is 3. The summed E-state index contributed by atoms with van der Waals surface area (Å²) in [6.07, 6.45) is -2.16. The summed E-state index contributed by atoms with van der Waals surface area (Å²) in [6, 6.07) is -0.638. The van der Waals surface area contributed by atoms with Gasteiger partial charge in [0.1, 0.15) is 0 Å². The third-order valence-electron chi connectivity index (χ3n) is 3.09. The third kappa shape index (κ3) is 5.21. The molecule has 1 aromatic rings. The van der Waals surface area contributed by atoms with Crippen molar-refractivity contribution in [1.82, 2.24) is 20.0 Å². The van der Waals surface area contributed by atoms with Gasteiger partial charge >= 0.3 is 12.2 Å². The Morgan fingerprint density at radius 1 is 1.55 bits per heavy atom. The first-order valence-corrected chi connectivity index (χ1v) is 6.87. The van der Waals surface area contributed by atoms with Crippen LogP contribution in [-0.4, -0.2) is 45.5 Å². The first-order chi connectivity index (χ1) is 10.1. The molecule has 2 N–H and O–H groups in total. The average Bonchev–Trinajstić information content (AvgIpc) is 2.77. The van der Waals surface area contributed by atoms with Crippen LogP contribution in [0.2, 0.25) is 0 Å². The van der Waals surface area contributed by atoms with Crippen LogP contribution >= 0.6 is 0 Å². The highest BCUT2D eigenvalue weighted by Gasteiger charge is 2.37. The smallest absolute Gasteiger partial charge is 0.396 e. The zero-order chi connectivity index (χ0) is 16.9. The van der Waals surface area contributed by atoms with E-state index in [0.29, 0.717) is 12.8 Å². The van der Waals surface area contributed by atoms with Gasteiger partial charge in [-0.3, -0.25) is 4.68 Å². The number of halogens is 3. The van der Waals surface area contributed by atoms with E-state index in [1.54, 1.807) is 6.92 Å². The minimum Gasteiger partial charge on any atom is -0.396 e. The van der Waals surface area contributed by atoms with Crippen LogP contribution in [0, 0.1) is 0 Å². The number of alkyl halides is 3. The van der Waals surface area contributed by atoms with Crippen LogP contribution in [0.1, 0.15) is 31.0 Å². The van der Waals surface area contributed by atoms with Crippen molar-refractivity contribution in [2.45, 2.75) is 38.5 Å². The van der Waals surface area contributed by atoms with Crippen molar-refractivity contribution in [2.75, 3.05) is 13.7 Å². The zero-order valence-corrected chi connectivity index (χ0v) is 12.8. The van der Waals surface area contributed by atoms with Gasteiger partial charge in [-0.2, -0.15) is 18.3 Å². The van der Waals surface area contributed by atoms with Gasteiger partial charge < -0.3 is 15.3 Å². The number of nitrogens with one attached hydrogen (secondary N) is 1. The lowest BCUT2D eigenvalue weighted by Crippen LogP contribution is -2.41. The second kappa shape index (κ2) is 7.48. The molecule has 6 nitrogen and oxygen atoms in total. The van der Waals surface area contributed by atoms with Crippen molar-refractivity contribution in [3.05, 3.63) is 17.5 Å². The Labute approximate surface area is 126 Å². The number of carbonyl (C=O) groups excluding carboxylic acids is 1. The molecule has 0 aromatic carbocycles. The summed E-state index contributed by atoms with van der Waals surface area (Å²) in [5, 5.41) is 14.8. The van der Waals surface area contributed by atoms with E-state index in [2.05, 4.69) is 10.4 Å². The lowest BCUT2D eigenvalue weighted by molar-refractivity contribution is -0.142. The SMILES string of the molecule is CC(CCCO)NC(=O)N(C)Cc1cn(C)nc1C(F)(F)F. The fraction of sp³-hybridized carbons (Fsp3) is 0.692. The summed E-state index contributed by atoms with van der Waals surface area (Å²) in [6.45, 7) is 1.61. The summed E-state index contributed by atoms with van der Waals surface area (Å²) in [5.41, 5.74) is -1.04. The van der Waals surface area contributed by atoms with Crippen LogP contribution in [0.25, 0.3) is 0 Å². The molecule has 0 spiro atoms. The van der Waals surface area contributed by atoms with Gasteiger partial charge in [0.15, 0.2) is 5.69 Å². The van der Waals surface area contributed by atoms with E-state index < -0.39 is 17.9 Å². The number of carbonyl (C=O) groups is 1. The first-order valence-electron chi connectivity index (χ1n) is 6.87. The predicted octanol–water partition coefficient (Wildman–Crippen LogP) is 1.74. The monoisotopic (exact) mass is 322 g/mol. The maximum absolute atomic E-state index is 12.8. The highest BCUT2D eigenvalue weighted by Crippen LogP contribution is 2.30. The van der Waals surface area contributed by atoms with Gasteiger partial charge in [-0.05, 0) is 19.8 Å². The fourth-order valence-corrected chi connectivity index (χ4v) is 2.01. The normalized spacial score (nSPS) is 13.0. The summed E-state index contributed by atoms with van der Waals surface area (Å²) in [4.78, 5) is 13.1. The van der Waals surface area contributed by atoms with Crippen molar-refractivity contribution in [3.8, 4) is 0 Å². The summed E-state index contributed by atoms with van der Waals surface area (Å²) in [5.74, 6) is 0. The number of amides is 2. The van der Waals surface area contributed by atoms with Gasteiger partial charge in [-0.25, -0.2) is 4.79 Å². The number of rotatable bonds is 6. The topological polar surface area (TPSA) is 70.4 Å². The van der Waals surface area contributed by atoms with Gasteiger partial charge in [-0.1, -0.05) is 0 Å². The van der Waals surface area contributed by atoms with Crippen LogP contribution in [0.5, 0.6) is 0 Å². The molecule has 0 bridgehead atoms. The molecule has 126 valence electrons. The Bertz CT molecular complexity index is 502. The van der Waals surface area contributed by atoms with E-state index in [1.807, 2.05) is 0 Å². The number of aliphatic hydroxyl groups excluding tert-OH is 1. The molecule has 1 heterocycles. The fourth-order valence-electron chi connectivity index (χ4n) is 2.01. The summed E-state index contributed by atoms with van der Waals surface area (Å²) >= 11 is 0. The molecular formula is C13H21F3N4O2. The molecule has 2 amide bonds. The molecule has 0 aliphatic carbocycles. The van der Waals surface area contributed by atoms with Gasteiger partial charge in [0.05, 0.1) is 6.54 Å². The molecule has 0 saturated carbocycles. The highest BCUT2D eigenvalue weighted by molar-refractivity contribution is 5.74. The Morgan fingerprint density at radius 2 is 2.18 bits per heavy atom. The standard InChI is InChI=1S/C13H21F3N4O2/c1-9(5-4-6-21)17-12(22)19(2)7-10-8-20(3)18-11(10)13(14,15)16/h8-9,21H,4-7H2,1-3H3,(H,17,22). The van der Waals surface area contributed by atoms with Crippen LogP contribution in [-0.2, 0) is 19.8 Å². The third-order valence-corrected chi connectivity index (χ3v) is 3.09. The van der Waals surface area contributed by atoms with Crippen molar-refractivity contribution >= 4 is 6.03 Å². The molecular weight excluding hydrogens is 301 g/mol. The van der Waals surface area contributed by atoms with E-state index in [9.17, 15) is 18.0 Å². The van der Waals surface area contributed by atoms with Gasteiger partial charge in [0.2, 0.25) is 0 Å². The lowest BCUT2D eigenvalue weighted by atomic mass is 10.2. The molecule has 1 aromatic heterocycles. The minimum atomic E-state index is -4.55. The predicted molar refractivity (Wildman–Crippen MR) is 74.0 cm³/mol. The maximum atomic E-state index is 12.8. The van der Waals surface area contributed by atoms with Crippen molar-refractivity contribution in [2.24, 2.45) is 7.05 Å². The number of hydrogen-bond donors (Lipinski definition) is 2. The van der Waals surface area contributed by atoms with E-state index >= 15 is 0 Å². The van der Waals surface area contributed by atoms with Crippen LogP contribution in [0.3, 0.4) is 0 Å². The second-order valence-electron chi connectivity index (χ2n) is 5.25. The summed E-state index contributed by atoms with van der Waals surface area (Å²) < 4.78 is 39.6. The van der Waals surface area contributed by atoms with Gasteiger partial charge in [0.25, 0.3) is 0 Å². The van der Waals surface area contributed by atoms with Crippen LogP contribution < -0.4 is 5.32 Å². The van der Waals surface area contributed by atoms with Crippen molar-refractivity contribution in [1.29, 1.82) is 0 Å². The molecule has 0 aliphatic rings. The Kier molecular flexibility index (Phi) is 6.21. The molecule has 1 rings (SSSR count). The number of aryl methyl sites for hydroxylation is 1. The van der Waals surface area contributed by atoms with E-state index in [1.165, 1.54) is 25.2 Å². The zero-order valence-electron chi connectivity index (χ0n) is 12.8. The Morgan fingerprint density at radius 3 is 2.73 bits per heavy atom. The molecule has 1 atom stereocenters. The van der Waals surface area contributed by atoms with Crippen molar-refractivity contribution in [3.63, 3.8) is 0 Å². The Hall–Kier alpha value is -1.77. The van der Waals surface area contributed by atoms with Gasteiger partial charge in [-0.15, -0.1) is 0 Å². The molecule has 0 radical (unpaired) electrons. The van der Waals surface area contributed by atoms with Gasteiger partial charge in [0, 0.05) is 38.5 Å². The number of aliphatic hydroxyl groups is 1. The number of urea groups is 1. The Balaban J connectivity index is 2.68. The van der Waals surface area contributed by atoms with Crippen LogP contribution in [0.4, 0.5) is 18.0 Å². The lowest BCUT2D eigenvalue weighted by Gasteiger charge is -2.21. The maximum Gasteiger partial charge on any atom is 0.435 e.